The normalized spacial score (nSPS) is 27.7. The van der Waals surface area contributed by atoms with Gasteiger partial charge >= 0.3 is 12.0 Å². The third-order valence-corrected chi connectivity index (χ3v) is 3.56. The van der Waals surface area contributed by atoms with Crippen LogP contribution in [0.4, 0.5) is 4.79 Å². The number of carboxylic acid groups (broad SMARTS) is 1. The highest BCUT2D eigenvalue weighted by Gasteiger charge is 2.28. The van der Waals surface area contributed by atoms with E-state index in [9.17, 15) is 9.59 Å². The Labute approximate surface area is 115 Å². The molecule has 0 aromatic rings. The summed E-state index contributed by atoms with van der Waals surface area (Å²) in [5.41, 5.74) is -0.734. The lowest BCUT2D eigenvalue weighted by atomic mass is 9.80. The van der Waals surface area contributed by atoms with Crippen LogP contribution in [0.15, 0.2) is 0 Å². The van der Waals surface area contributed by atoms with Gasteiger partial charge in [0.25, 0.3) is 0 Å². The lowest BCUT2D eigenvalue weighted by molar-refractivity contribution is -0.138. The van der Waals surface area contributed by atoms with Gasteiger partial charge in [-0.1, -0.05) is 13.8 Å². The highest BCUT2D eigenvalue weighted by Crippen LogP contribution is 2.28. The molecule has 110 valence electrons. The molecule has 0 bridgehead atoms. The SMILES string of the molecule is CC1CC(C)CC(NC(=O)NC(C)(C)CC(=O)O)C1. The number of aliphatic carboxylic acids is 1. The third kappa shape index (κ3) is 5.94. The van der Waals surface area contributed by atoms with E-state index in [2.05, 4.69) is 24.5 Å². The Balaban J connectivity index is 2.44. The van der Waals surface area contributed by atoms with E-state index in [1.807, 2.05) is 0 Å². The fraction of sp³-hybridized carbons (Fsp3) is 0.857. The van der Waals surface area contributed by atoms with Gasteiger partial charge in [0.05, 0.1) is 6.42 Å². The number of hydrogen-bond donors (Lipinski definition) is 3. The van der Waals surface area contributed by atoms with Crippen molar-refractivity contribution in [1.82, 2.24) is 10.6 Å². The molecule has 3 N–H and O–H groups in total. The fourth-order valence-electron chi connectivity index (χ4n) is 3.02. The lowest BCUT2D eigenvalue weighted by Crippen LogP contribution is -2.52. The monoisotopic (exact) mass is 270 g/mol. The average molecular weight is 270 g/mol. The minimum absolute atomic E-state index is 0.0854. The molecule has 0 heterocycles. The second-order valence-electron chi connectivity index (χ2n) is 6.67. The maximum atomic E-state index is 11.9. The van der Waals surface area contributed by atoms with Crippen LogP contribution in [0.5, 0.6) is 0 Å². The fourth-order valence-corrected chi connectivity index (χ4v) is 3.02. The van der Waals surface area contributed by atoms with Gasteiger partial charge < -0.3 is 15.7 Å². The van der Waals surface area contributed by atoms with Crippen molar-refractivity contribution in [3.8, 4) is 0 Å². The molecule has 5 nitrogen and oxygen atoms in total. The van der Waals surface area contributed by atoms with E-state index >= 15 is 0 Å². The maximum absolute atomic E-state index is 11.9. The summed E-state index contributed by atoms with van der Waals surface area (Å²) >= 11 is 0. The first-order valence-corrected chi connectivity index (χ1v) is 6.98. The van der Waals surface area contributed by atoms with Crippen LogP contribution in [0.25, 0.3) is 0 Å². The molecule has 5 heteroatoms. The van der Waals surface area contributed by atoms with Crippen LogP contribution >= 0.6 is 0 Å². The van der Waals surface area contributed by atoms with E-state index in [4.69, 9.17) is 5.11 Å². The van der Waals surface area contributed by atoms with Crippen molar-refractivity contribution in [2.24, 2.45) is 11.8 Å². The van der Waals surface area contributed by atoms with Gasteiger partial charge in [0.15, 0.2) is 0 Å². The molecule has 0 spiro atoms. The quantitative estimate of drug-likeness (QED) is 0.733. The van der Waals surface area contributed by atoms with Gasteiger partial charge in [0.2, 0.25) is 0 Å². The summed E-state index contributed by atoms with van der Waals surface area (Å²) in [7, 11) is 0. The molecule has 0 radical (unpaired) electrons. The van der Waals surface area contributed by atoms with E-state index in [1.165, 1.54) is 6.42 Å². The zero-order chi connectivity index (χ0) is 14.6. The molecular weight excluding hydrogens is 244 g/mol. The molecule has 2 amide bonds. The Morgan fingerprint density at radius 1 is 1.16 bits per heavy atom. The second-order valence-corrected chi connectivity index (χ2v) is 6.67. The minimum atomic E-state index is -0.912. The number of rotatable bonds is 4. The number of nitrogens with one attached hydrogen (secondary N) is 2. The third-order valence-electron chi connectivity index (χ3n) is 3.56. The van der Waals surface area contributed by atoms with Crippen LogP contribution in [0.3, 0.4) is 0 Å². The zero-order valence-electron chi connectivity index (χ0n) is 12.3. The first kappa shape index (κ1) is 15.8. The Morgan fingerprint density at radius 3 is 2.16 bits per heavy atom. The molecule has 0 aliphatic heterocycles. The molecule has 0 aromatic carbocycles. The molecule has 1 fully saturated rings. The number of urea groups is 1. The number of carboxylic acids is 1. The molecular formula is C14H26N2O3. The summed E-state index contributed by atoms with van der Waals surface area (Å²) in [4.78, 5) is 22.6. The number of amides is 2. The highest BCUT2D eigenvalue weighted by molar-refractivity contribution is 5.76. The average Bonchev–Trinajstić information content (AvgIpc) is 2.10. The van der Waals surface area contributed by atoms with E-state index in [-0.39, 0.29) is 18.5 Å². The van der Waals surface area contributed by atoms with Gasteiger partial charge in [-0.05, 0) is 44.9 Å². The van der Waals surface area contributed by atoms with Crippen LogP contribution in [-0.4, -0.2) is 28.7 Å². The van der Waals surface area contributed by atoms with Crippen molar-refractivity contribution >= 4 is 12.0 Å². The van der Waals surface area contributed by atoms with Crippen LogP contribution in [0, 0.1) is 11.8 Å². The number of carbonyl (C=O) groups is 2. The van der Waals surface area contributed by atoms with Crippen LogP contribution < -0.4 is 10.6 Å². The molecule has 2 unspecified atom stereocenters. The highest BCUT2D eigenvalue weighted by atomic mass is 16.4. The smallest absolute Gasteiger partial charge is 0.315 e. The summed E-state index contributed by atoms with van der Waals surface area (Å²) in [5.74, 6) is 0.340. The van der Waals surface area contributed by atoms with E-state index in [0.717, 1.165) is 12.8 Å². The Hall–Kier alpha value is -1.26. The van der Waals surface area contributed by atoms with E-state index in [0.29, 0.717) is 11.8 Å². The van der Waals surface area contributed by atoms with Crippen molar-refractivity contribution in [3.63, 3.8) is 0 Å². The molecule has 19 heavy (non-hydrogen) atoms. The number of hydrogen-bond acceptors (Lipinski definition) is 2. The van der Waals surface area contributed by atoms with Crippen molar-refractivity contribution in [3.05, 3.63) is 0 Å². The van der Waals surface area contributed by atoms with Crippen molar-refractivity contribution in [1.29, 1.82) is 0 Å². The molecule has 1 rings (SSSR count). The molecule has 1 saturated carbocycles. The van der Waals surface area contributed by atoms with Crippen LogP contribution in [-0.2, 0) is 4.79 Å². The Morgan fingerprint density at radius 2 is 1.68 bits per heavy atom. The minimum Gasteiger partial charge on any atom is -0.481 e. The lowest BCUT2D eigenvalue weighted by Gasteiger charge is -2.33. The Bertz CT molecular complexity index is 332. The van der Waals surface area contributed by atoms with Gasteiger partial charge in [-0.2, -0.15) is 0 Å². The zero-order valence-corrected chi connectivity index (χ0v) is 12.3. The van der Waals surface area contributed by atoms with Crippen molar-refractivity contribution < 1.29 is 14.7 Å². The van der Waals surface area contributed by atoms with Crippen molar-refractivity contribution in [2.45, 2.75) is 65.0 Å². The number of carbonyl (C=O) groups excluding carboxylic acids is 1. The molecule has 0 aromatic heterocycles. The standard InChI is InChI=1S/C14H26N2O3/c1-9-5-10(2)7-11(6-9)15-13(19)16-14(3,4)8-12(17)18/h9-11H,5-8H2,1-4H3,(H,17,18)(H2,15,16,19). The maximum Gasteiger partial charge on any atom is 0.315 e. The van der Waals surface area contributed by atoms with Crippen molar-refractivity contribution in [2.75, 3.05) is 0 Å². The van der Waals surface area contributed by atoms with Gasteiger partial charge in [-0.15, -0.1) is 0 Å². The van der Waals surface area contributed by atoms with Gasteiger partial charge in [-0.3, -0.25) is 4.79 Å². The van der Waals surface area contributed by atoms with Gasteiger partial charge in [0.1, 0.15) is 0 Å². The van der Waals surface area contributed by atoms with Crippen LogP contribution in [0.1, 0.15) is 53.4 Å². The first-order valence-electron chi connectivity index (χ1n) is 6.98. The summed E-state index contributed by atoms with van der Waals surface area (Å²) < 4.78 is 0. The molecule has 1 aliphatic rings. The predicted molar refractivity (Wildman–Crippen MR) is 74.0 cm³/mol. The largest absolute Gasteiger partial charge is 0.481 e. The van der Waals surface area contributed by atoms with E-state index in [1.54, 1.807) is 13.8 Å². The topological polar surface area (TPSA) is 78.4 Å². The summed E-state index contributed by atoms with van der Waals surface area (Å²) in [6.45, 7) is 7.84. The molecule has 1 aliphatic carbocycles. The van der Waals surface area contributed by atoms with E-state index < -0.39 is 11.5 Å². The Kier molecular flexibility index (Phi) is 5.20. The first-order chi connectivity index (χ1) is 8.68. The summed E-state index contributed by atoms with van der Waals surface area (Å²) in [6.07, 6.45) is 3.12. The van der Waals surface area contributed by atoms with Gasteiger partial charge in [-0.25, -0.2) is 4.79 Å². The summed E-state index contributed by atoms with van der Waals surface area (Å²) in [6, 6.07) is -0.0723. The predicted octanol–water partition coefficient (Wildman–Crippen LogP) is 2.36. The van der Waals surface area contributed by atoms with Crippen LogP contribution in [0.2, 0.25) is 0 Å². The second kappa shape index (κ2) is 6.26. The summed E-state index contributed by atoms with van der Waals surface area (Å²) in [5, 5.41) is 14.5. The van der Waals surface area contributed by atoms with Gasteiger partial charge in [0, 0.05) is 11.6 Å². The molecule has 2 atom stereocenters. The molecule has 0 saturated heterocycles.